The van der Waals surface area contributed by atoms with Gasteiger partial charge in [0.2, 0.25) is 5.91 Å². The quantitative estimate of drug-likeness (QED) is 0.864. The normalized spacial score (nSPS) is 19.8. The maximum Gasteiger partial charge on any atom is 0.229 e. The van der Waals surface area contributed by atoms with Crippen LogP contribution in [0.2, 0.25) is 0 Å². The summed E-state index contributed by atoms with van der Waals surface area (Å²) in [6.07, 6.45) is 4.83. The van der Waals surface area contributed by atoms with Crippen LogP contribution in [0.25, 0.3) is 0 Å². The summed E-state index contributed by atoms with van der Waals surface area (Å²) in [4.78, 5) is 17.4. The molecule has 2 unspecified atom stereocenters. The number of thiazole rings is 1. The standard InChI is InChI=1S/C17H20FN3OS.ClH/c1-10-2-3-11(7-15(10)18)6-14-9-20-17(23-14)21-16(22)12-4-5-13(19)8-12;/h2-3,7,9,12-13H,4-6,8,19H2,1H3,(H,20,21,22);1H. The number of hydrogen-bond donors (Lipinski definition) is 2. The lowest BCUT2D eigenvalue weighted by atomic mass is 10.1. The monoisotopic (exact) mass is 369 g/mol. The SMILES string of the molecule is Cc1ccc(Cc2cnc(NC(=O)C3CCC(N)C3)s2)cc1F.Cl. The number of nitrogens with zero attached hydrogens (tertiary/aromatic N) is 1. The first kappa shape index (κ1) is 18.8. The minimum atomic E-state index is -0.196. The molecular formula is C17H21ClFN3OS. The fraction of sp³-hybridized carbons (Fsp3) is 0.412. The molecule has 4 nitrogen and oxygen atoms in total. The van der Waals surface area contributed by atoms with Gasteiger partial charge in [-0.2, -0.15) is 0 Å². The zero-order valence-corrected chi connectivity index (χ0v) is 15.1. The molecule has 1 amide bonds. The summed E-state index contributed by atoms with van der Waals surface area (Å²) in [5.41, 5.74) is 7.38. The third kappa shape index (κ3) is 4.53. The molecule has 7 heteroatoms. The smallest absolute Gasteiger partial charge is 0.229 e. The molecule has 0 bridgehead atoms. The number of nitrogens with one attached hydrogen (secondary N) is 1. The largest absolute Gasteiger partial charge is 0.328 e. The Morgan fingerprint density at radius 1 is 1.46 bits per heavy atom. The molecule has 130 valence electrons. The van der Waals surface area contributed by atoms with E-state index in [-0.39, 0.29) is 36.1 Å². The molecule has 1 aliphatic carbocycles. The van der Waals surface area contributed by atoms with Gasteiger partial charge in [-0.15, -0.1) is 23.7 Å². The Morgan fingerprint density at radius 2 is 2.25 bits per heavy atom. The Balaban J connectivity index is 0.00000208. The van der Waals surface area contributed by atoms with Crippen LogP contribution in [0.4, 0.5) is 9.52 Å². The summed E-state index contributed by atoms with van der Waals surface area (Å²) in [5.74, 6) is -0.207. The molecule has 24 heavy (non-hydrogen) atoms. The highest BCUT2D eigenvalue weighted by Gasteiger charge is 2.28. The third-order valence-corrected chi connectivity index (χ3v) is 5.16. The maximum atomic E-state index is 13.6. The zero-order valence-electron chi connectivity index (χ0n) is 13.4. The van der Waals surface area contributed by atoms with Crippen molar-refractivity contribution in [2.45, 2.75) is 38.6 Å². The molecule has 1 saturated carbocycles. The van der Waals surface area contributed by atoms with E-state index in [0.717, 1.165) is 29.7 Å². The minimum Gasteiger partial charge on any atom is -0.328 e. The number of aryl methyl sites for hydroxylation is 1. The Kier molecular flexibility index (Phi) is 6.32. The van der Waals surface area contributed by atoms with Crippen LogP contribution in [-0.4, -0.2) is 16.9 Å². The van der Waals surface area contributed by atoms with Gasteiger partial charge >= 0.3 is 0 Å². The second-order valence-electron chi connectivity index (χ2n) is 6.15. The Labute approximate surface area is 151 Å². The van der Waals surface area contributed by atoms with Gasteiger partial charge in [0.15, 0.2) is 5.13 Å². The van der Waals surface area contributed by atoms with E-state index in [4.69, 9.17) is 5.73 Å². The highest BCUT2D eigenvalue weighted by molar-refractivity contribution is 7.15. The third-order valence-electron chi connectivity index (χ3n) is 4.24. The van der Waals surface area contributed by atoms with Crippen LogP contribution in [0.1, 0.15) is 35.3 Å². The van der Waals surface area contributed by atoms with Crippen LogP contribution >= 0.6 is 23.7 Å². The molecule has 1 aromatic carbocycles. The number of anilines is 1. The van der Waals surface area contributed by atoms with Gasteiger partial charge < -0.3 is 11.1 Å². The molecule has 1 fully saturated rings. The molecular weight excluding hydrogens is 349 g/mol. The van der Waals surface area contributed by atoms with Gasteiger partial charge in [0, 0.05) is 29.5 Å². The van der Waals surface area contributed by atoms with Crippen molar-refractivity contribution in [2.24, 2.45) is 11.7 Å². The highest BCUT2D eigenvalue weighted by Crippen LogP contribution is 2.27. The van der Waals surface area contributed by atoms with Crippen molar-refractivity contribution in [2.75, 3.05) is 5.32 Å². The van der Waals surface area contributed by atoms with Gasteiger partial charge in [-0.25, -0.2) is 9.37 Å². The van der Waals surface area contributed by atoms with Crippen molar-refractivity contribution in [1.29, 1.82) is 0 Å². The van der Waals surface area contributed by atoms with Crippen LogP contribution in [0, 0.1) is 18.7 Å². The van der Waals surface area contributed by atoms with Crippen molar-refractivity contribution in [3.63, 3.8) is 0 Å². The molecule has 3 N–H and O–H groups in total. The van der Waals surface area contributed by atoms with Crippen LogP contribution in [0.3, 0.4) is 0 Å². The molecule has 2 atom stereocenters. The predicted molar refractivity (Wildman–Crippen MR) is 97.3 cm³/mol. The molecule has 1 aliphatic rings. The van der Waals surface area contributed by atoms with Gasteiger partial charge in [0.25, 0.3) is 0 Å². The van der Waals surface area contributed by atoms with Crippen molar-refractivity contribution in [3.05, 3.63) is 46.2 Å². The van der Waals surface area contributed by atoms with Crippen LogP contribution in [-0.2, 0) is 11.2 Å². The first-order valence-electron chi connectivity index (χ1n) is 7.77. The number of nitrogens with two attached hydrogens (primary N) is 1. The molecule has 1 aromatic heterocycles. The van der Waals surface area contributed by atoms with E-state index in [1.165, 1.54) is 11.3 Å². The topological polar surface area (TPSA) is 68.0 Å². The highest BCUT2D eigenvalue weighted by atomic mass is 35.5. The van der Waals surface area contributed by atoms with E-state index in [1.54, 1.807) is 25.3 Å². The summed E-state index contributed by atoms with van der Waals surface area (Å²) in [6.45, 7) is 1.74. The molecule has 2 aromatic rings. The van der Waals surface area contributed by atoms with Crippen molar-refractivity contribution in [3.8, 4) is 0 Å². The molecule has 0 aliphatic heterocycles. The molecule has 0 saturated heterocycles. The lowest BCUT2D eigenvalue weighted by molar-refractivity contribution is -0.119. The van der Waals surface area contributed by atoms with Gasteiger partial charge in [-0.3, -0.25) is 4.79 Å². The lowest BCUT2D eigenvalue weighted by Crippen LogP contribution is -2.23. The van der Waals surface area contributed by atoms with Gasteiger partial charge in [-0.1, -0.05) is 12.1 Å². The fourth-order valence-electron chi connectivity index (χ4n) is 2.86. The first-order chi connectivity index (χ1) is 11.0. The summed E-state index contributed by atoms with van der Waals surface area (Å²) in [7, 11) is 0. The maximum absolute atomic E-state index is 13.6. The molecule has 0 radical (unpaired) electrons. The molecule has 1 heterocycles. The first-order valence-corrected chi connectivity index (χ1v) is 8.59. The summed E-state index contributed by atoms with van der Waals surface area (Å²) < 4.78 is 13.6. The average molecular weight is 370 g/mol. The summed E-state index contributed by atoms with van der Waals surface area (Å²) >= 11 is 1.43. The predicted octanol–water partition coefficient (Wildman–Crippen LogP) is 3.67. The van der Waals surface area contributed by atoms with E-state index in [0.29, 0.717) is 17.1 Å². The van der Waals surface area contributed by atoms with Crippen molar-refractivity contribution < 1.29 is 9.18 Å². The van der Waals surface area contributed by atoms with E-state index >= 15 is 0 Å². The number of hydrogen-bond acceptors (Lipinski definition) is 4. The number of carbonyl (C=O) groups excluding carboxylic acids is 1. The van der Waals surface area contributed by atoms with Crippen molar-refractivity contribution in [1.82, 2.24) is 4.98 Å². The summed E-state index contributed by atoms with van der Waals surface area (Å²) in [5, 5.41) is 3.47. The Hall–Kier alpha value is -1.50. The number of carbonyl (C=O) groups is 1. The summed E-state index contributed by atoms with van der Waals surface area (Å²) in [6, 6.07) is 5.37. The van der Waals surface area contributed by atoms with E-state index in [9.17, 15) is 9.18 Å². The Bertz CT molecular complexity index is 722. The second-order valence-corrected chi connectivity index (χ2v) is 7.27. The number of amides is 1. The number of halogens is 2. The van der Waals surface area contributed by atoms with Crippen LogP contribution < -0.4 is 11.1 Å². The van der Waals surface area contributed by atoms with Crippen LogP contribution in [0.5, 0.6) is 0 Å². The number of rotatable bonds is 4. The fourth-order valence-corrected chi connectivity index (χ4v) is 3.71. The second kappa shape index (κ2) is 8.05. The zero-order chi connectivity index (χ0) is 16.4. The number of benzene rings is 1. The number of aromatic nitrogens is 1. The van der Waals surface area contributed by atoms with E-state index in [1.807, 2.05) is 6.07 Å². The molecule has 0 spiro atoms. The van der Waals surface area contributed by atoms with Gasteiger partial charge in [0.1, 0.15) is 5.82 Å². The average Bonchev–Trinajstić information content (AvgIpc) is 3.12. The van der Waals surface area contributed by atoms with Crippen molar-refractivity contribution >= 4 is 34.8 Å². The Morgan fingerprint density at radius 3 is 2.92 bits per heavy atom. The van der Waals surface area contributed by atoms with E-state index in [2.05, 4.69) is 10.3 Å². The van der Waals surface area contributed by atoms with Crippen LogP contribution in [0.15, 0.2) is 24.4 Å². The lowest BCUT2D eigenvalue weighted by Gasteiger charge is -2.08. The van der Waals surface area contributed by atoms with E-state index < -0.39 is 0 Å². The molecule has 3 rings (SSSR count). The van der Waals surface area contributed by atoms with Gasteiger partial charge in [-0.05, 0) is 43.4 Å². The van der Waals surface area contributed by atoms with Gasteiger partial charge in [0.05, 0.1) is 0 Å². The minimum absolute atomic E-state index is 0.